The van der Waals surface area contributed by atoms with Crippen molar-refractivity contribution < 1.29 is 4.74 Å². The summed E-state index contributed by atoms with van der Waals surface area (Å²) in [6, 6.07) is 4.08. The second-order valence-electron chi connectivity index (χ2n) is 5.27. The van der Waals surface area contributed by atoms with Crippen LogP contribution in [0.25, 0.3) is 0 Å². The smallest absolute Gasteiger partial charge is 0.191 e. The summed E-state index contributed by atoms with van der Waals surface area (Å²) in [7, 11) is 1.82. The van der Waals surface area contributed by atoms with Gasteiger partial charge in [0.1, 0.15) is 0 Å². The molecule has 118 valence electrons. The van der Waals surface area contributed by atoms with Gasteiger partial charge in [-0.25, -0.2) is 0 Å². The average molecular weight is 310 g/mol. The van der Waals surface area contributed by atoms with Crippen molar-refractivity contribution in [2.24, 2.45) is 4.99 Å². The van der Waals surface area contributed by atoms with Crippen LogP contribution in [0, 0.1) is 0 Å². The van der Waals surface area contributed by atoms with Crippen molar-refractivity contribution in [2.45, 2.75) is 24.1 Å². The van der Waals surface area contributed by atoms with E-state index >= 15 is 0 Å². The Bertz CT molecular complexity index is 427. The molecule has 1 aromatic rings. The molecule has 1 saturated heterocycles. The Morgan fingerprint density at radius 2 is 2.00 bits per heavy atom. The summed E-state index contributed by atoms with van der Waals surface area (Å²) >= 11 is 1.94. The van der Waals surface area contributed by atoms with Crippen LogP contribution >= 0.6 is 11.8 Å². The van der Waals surface area contributed by atoms with Gasteiger partial charge in [-0.05, 0) is 31.2 Å². The van der Waals surface area contributed by atoms with E-state index in [2.05, 4.69) is 38.8 Å². The molecule has 0 amide bonds. The molecular weight excluding hydrogens is 284 g/mol. The van der Waals surface area contributed by atoms with Crippen LogP contribution in [0.1, 0.15) is 12.8 Å². The van der Waals surface area contributed by atoms with Crippen LogP contribution in [0.15, 0.2) is 29.5 Å². The van der Waals surface area contributed by atoms with Crippen molar-refractivity contribution in [3.63, 3.8) is 0 Å². The average Bonchev–Trinajstić information content (AvgIpc) is 3.05. The molecule has 0 unspecified atom stereocenters. The molecule has 0 bridgehead atoms. The molecule has 2 heterocycles. The number of ether oxygens (including phenoxy) is 1. The van der Waals surface area contributed by atoms with Crippen LogP contribution in [0.2, 0.25) is 0 Å². The summed E-state index contributed by atoms with van der Waals surface area (Å²) in [5.41, 5.74) is 0. The van der Waals surface area contributed by atoms with Gasteiger partial charge in [-0.2, -0.15) is 11.8 Å². The van der Waals surface area contributed by atoms with Gasteiger partial charge in [-0.3, -0.25) is 4.99 Å². The van der Waals surface area contributed by atoms with E-state index in [0.29, 0.717) is 0 Å². The van der Waals surface area contributed by atoms with Gasteiger partial charge >= 0.3 is 0 Å². The van der Waals surface area contributed by atoms with Crippen LogP contribution in [-0.4, -0.2) is 54.9 Å². The highest BCUT2D eigenvalue weighted by Crippen LogP contribution is 2.32. The summed E-state index contributed by atoms with van der Waals surface area (Å²) in [5, 5.41) is 6.83. The molecule has 0 aromatic carbocycles. The number of thioether (sulfide) groups is 1. The van der Waals surface area contributed by atoms with Crippen molar-refractivity contribution in [3.05, 3.63) is 24.5 Å². The summed E-state index contributed by atoms with van der Waals surface area (Å²) in [6.07, 6.45) is 8.53. The van der Waals surface area contributed by atoms with E-state index in [0.717, 1.165) is 51.6 Å². The first-order valence-corrected chi connectivity index (χ1v) is 8.69. The van der Waals surface area contributed by atoms with Crippen LogP contribution in [0.4, 0.5) is 0 Å². The van der Waals surface area contributed by atoms with Gasteiger partial charge in [-0.15, -0.1) is 0 Å². The van der Waals surface area contributed by atoms with E-state index in [1.165, 1.54) is 0 Å². The van der Waals surface area contributed by atoms with Crippen LogP contribution in [0.5, 0.6) is 0 Å². The quantitative estimate of drug-likeness (QED) is 0.618. The Hall–Kier alpha value is -1.14. The molecule has 0 saturated carbocycles. The van der Waals surface area contributed by atoms with Crippen molar-refractivity contribution in [1.29, 1.82) is 0 Å². The van der Waals surface area contributed by atoms with Crippen molar-refractivity contribution in [3.8, 4) is 0 Å². The minimum absolute atomic E-state index is 0.274. The summed E-state index contributed by atoms with van der Waals surface area (Å²) in [4.78, 5) is 4.30. The van der Waals surface area contributed by atoms with Crippen molar-refractivity contribution >= 4 is 17.7 Å². The minimum Gasteiger partial charge on any atom is -0.381 e. The van der Waals surface area contributed by atoms with Crippen molar-refractivity contribution in [2.75, 3.05) is 39.6 Å². The van der Waals surface area contributed by atoms with Gasteiger partial charge in [0.25, 0.3) is 0 Å². The van der Waals surface area contributed by atoms with Gasteiger partial charge in [0.15, 0.2) is 5.96 Å². The lowest BCUT2D eigenvalue weighted by Gasteiger charge is -2.36. The highest BCUT2D eigenvalue weighted by atomic mass is 32.2. The number of aliphatic imine (C=N–C) groups is 1. The Morgan fingerprint density at radius 1 is 1.29 bits per heavy atom. The Balaban J connectivity index is 1.74. The largest absolute Gasteiger partial charge is 0.381 e. The molecule has 2 N–H and O–H groups in total. The summed E-state index contributed by atoms with van der Waals surface area (Å²) in [5.74, 6) is 0.877. The Kier molecular flexibility index (Phi) is 6.45. The number of guanidine groups is 1. The lowest BCUT2D eigenvalue weighted by Crippen LogP contribution is -2.48. The highest BCUT2D eigenvalue weighted by molar-refractivity contribution is 8.00. The van der Waals surface area contributed by atoms with Crippen molar-refractivity contribution in [1.82, 2.24) is 15.2 Å². The molecule has 6 heteroatoms. The predicted octanol–water partition coefficient (Wildman–Crippen LogP) is 1.57. The maximum Gasteiger partial charge on any atom is 0.191 e. The fourth-order valence-corrected chi connectivity index (χ4v) is 3.28. The normalized spacial score (nSPS) is 18.5. The maximum atomic E-state index is 5.48. The lowest BCUT2D eigenvalue weighted by molar-refractivity contribution is 0.0783. The molecule has 5 nitrogen and oxygen atoms in total. The molecule has 1 fully saturated rings. The molecule has 0 radical (unpaired) electrons. The second kappa shape index (κ2) is 8.34. The SMILES string of the molecule is CN=C(NCCn1cccc1)NCC1(SC)CCOCC1. The van der Waals surface area contributed by atoms with Gasteiger partial charge in [-0.1, -0.05) is 0 Å². The standard InChI is InChI=1S/C15H26N4OS/c1-16-14(17-7-10-19-8-3-4-9-19)18-13-15(21-2)5-11-20-12-6-15/h3-4,8-9H,5-7,10-13H2,1-2H3,(H2,16,17,18). The molecule has 0 atom stereocenters. The summed E-state index contributed by atoms with van der Waals surface area (Å²) < 4.78 is 7.91. The van der Waals surface area contributed by atoms with Gasteiger partial charge in [0.2, 0.25) is 0 Å². The van der Waals surface area contributed by atoms with E-state index in [4.69, 9.17) is 4.74 Å². The number of rotatable bonds is 6. The molecule has 0 aliphatic carbocycles. The van der Waals surface area contributed by atoms with Crippen LogP contribution < -0.4 is 10.6 Å². The maximum absolute atomic E-state index is 5.48. The Labute approximate surface area is 131 Å². The lowest BCUT2D eigenvalue weighted by atomic mass is 9.99. The molecule has 0 spiro atoms. The molecule has 1 aliphatic rings. The number of hydrogen-bond donors (Lipinski definition) is 2. The predicted molar refractivity (Wildman–Crippen MR) is 90.1 cm³/mol. The van der Waals surface area contributed by atoms with E-state index < -0.39 is 0 Å². The minimum atomic E-state index is 0.274. The fourth-order valence-electron chi connectivity index (χ4n) is 2.48. The molecular formula is C15H26N4OS. The zero-order chi connectivity index (χ0) is 15.0. The first-order chi connectivity index (χ1) is 10.3. The first kappa shape index (κ1) is 16.2. The third-order valence-electron chi connectivity index (χ3n) is 3.97. The molecule has 2 rings (SSSR count). The topological polar surface area (TPSA) is 50.6 Å². The van der Waals surface area contributed by atoms with Crippen LogP contribution in [0.3, 0.4) is 0 Å². The van der Waals surface area contributed by atoms with Gasteiger partial charge < -0.3 is 19.9 Å². The van der Waals surface area contributed by atoms with E-state index in [9.17, 15) is 0 Å². The van der Waals surface area contributed by atoms with E-state index in [-0.39, 0.29) is 4.75 Å². The van der Waals surface area contributed by atoms with Gasteiger partial charge in [0, 0.05) is 57.0 Å². The van der Waals surface area contributed by atoms with E-state index in [1.807, 2.05) is 30.9 Å². The third kappa shape index (κ3) is 4.97. The van der Waals surface area contributed by atoms with Crippen LogP contribution in [-0.2, 0) is 11.3 Å². The zero-order valence-corrected chi connectivity index (χ0v) is 13.8. The molecule has 21 heavy (non-hydrogen) atoms. The number of nitrogens with zero attached hydrogens (tertiary/aromatic N) is 2. The Morgan fingerprint density at radius 3 is 2.62 bits per heavy atom. The highest BCUT2D eigenvalue weighted by Gasteiger charge is 2.31. The zero-order valence-electron chi connectivity index (χ0n) is 13.0. The number of hydrogen-bond acceptors (Lipinski definition) is 3. The van der Waals surface area contributed by atoms with Gasteiger partial charge in [0.05, 0.1) is 0 Å². The monoisotopic (exact) mass is 310 g/mol. The fraction of sp³-hybridized carbons (Fsp3) is 0.667. The number of nitrogens with one attached hydrogen (secondary N) is 2. The number of aromatic nitrogens is 1. The molecule has 1 aromatic heterocycles. The third-order valence-corrected chi connectivity index (χ3v) is 5.39. The second-order valence-corrected chi connectivity index (χ2v) is 6.55. The summed E-state index contributed by atoms with van der Waals surface area (Å²) in [6.45, 7) is 4.46. The molecule has 1 aliphatic heterocycles. The first-order valence-electron chi connectivity index (χ1n) is 7.46. The van der Waals surface area contributed by atoms with E-state index in [1.54, 1.807) is 0 Å².